The van der Waals surface area contributed by atoms with Gasteiger partial charge in [0.2, 0.25) is 0 Å². The van der Waals surface area contributed by atoms with Crippen molar-refractivity contribution in [3.63, 3.8) is 0 Å². The molecule has 0 aliphatic carbocycles. The van der Waals surface area contributed by atoms with Crippen molar-refractivity contribution in [2.45, 2.75) is 38.8 Å². The van der Waals surface area contributed by atoms with Crippen LogP contribution in [0.2, 0.25) is 5.02 Å². The Bertz CT molecular complexity index is 628. The Morgan fingerprint density at radius 2 is 2.04 bits per heavy atom. The van der Waals surface area contributed by atoms with Crippen LogP contribution in [0.3, 0.4) is 0 Å². The Balaban J connectivity index is 2.07. The predicted octanol–water partition coefficient (Wildman–Crippen LogP) is 3.23. The van der Waals surface area contributed by atoms with E-state index in [4.69, 9.17) is 21.1 Å². The number of ether oxygens (including phenoxy) is 2. The SMILES string of the molecule is COC(=O)c1ccc(Cl)cc1N1CC[C@H](NC(=O)OC(C)(C)C)C1. The number of methoxy groups -OCH3 is 1. The lowest BCUT2D eigenvalue weighted by Gasteiger charge is -2.23. The average molecular weight is 355 g/mol. The van der Waals surface area contributed by atoms with Gasteiger partial charge in [-0.25, -0.2) is 9.59 Å². The number of rotatable bonds is 3. The second-order valence-electron chi connectivity index (χ2n) is 6.73. The Morgan fingerprint density at radius 1 is 1.33 bits per heavy atom. The first-order valence-corrected chi connectivity index (χ1v) is 8.20. The summed E-state index contributed by atoms with van der Waals surface area (Å²) in [4.78, 5) is 25.8. The minimum atomic E-state index is -0.534. The van der Waals surface area contributed by atoms with Gasteiger partial charge in [0.25, 0.3) is 0 Å². The standard InChI is InChI=1S/C17H23ClN2O4/c1-17(2,3)24-16(22)19-12-7-8-20(10-12)14-9-11(18)5-6-13(14)15(21)23-4/h5-6,9,12H,7-8,10H2,1-4H3,(H,19,22)/t12-/m0/s1. The zero-order valence-electron chi connectivity index (χ0n) is 14.4. The zero-order chi connectivity index (χ0) is 17.9. The summed E-state index contributed by atoms with van der Waals surface area (Å²) in [6.07, 6.45) is 0.320. The van der Waals surface area contributed by atoms with Crippen molar-refractivity contribution in [3.8, 4) is 0 Å². The predicted molar refractivity (Wildman–Crippen MR) is 92.8 cm³/mol. The third-order valence-electron chi connectivity index (χ3n) is 3.61. The number of esters is 1. The van der Waals surface area contributed by atoms with Crippen molar-refractivity contribution in [1.29, 1.82) is 0 Å². The number of anilines is 1. The maximum absolute atomic E-state index is 11.9. The van der Waals surface area contributed by atoms with Crippen molar-refractivity contribution < 1.29 is 19.1 Å². The number of hydrogen-bond donors (Lipinski definition) is 1. The fraction of sp³-hybridized carbons (Fsp3) is 0.529. The van der Waals surface area contributed by atoms with E-state index in [1.807, 2.05) is 25.7 Å². The van der Waals surface area contributed by atoms with Crippen LogP contribution in [0.5, 0.6) is 0 Å². The lowest BCUT2D eigenvalue weighted by molar-refractivity contribution is 0.0507. The molecule has 24 heavy (non-hydrogen) atoms. The van der Waals surface area contributed by atoms with Crippen LogP contribution in [-0.4, -0.2) is 43.9 Å². The highest BCUT2D eigenvalue weighted by molar-refractivity contribution is 6.31. The summed E-state index contributed by atoms with van der Waals surface area (Å²) in [7, 11) is 1.34. The number of carbonyl (C=O) groups excluding carboxylic acids is 2. The van der Waals surface area contributed by atoms with Crippen LogP contribution in [0, 0.1) is 0 Å². The minimum absolute atomic E-state index is 0.0515. The molecule has 0 unspecified atom stereocenters. The molecule has 0 saturated carbocycles. The minimum Gasteiger partial charge on any atom is -0.465 e. The molecule has 1 aliphatic rings. The smallest absolute Gasteiger partial charge is 0.407 e. The van der Waals surface area contributed by atoms with Gasteiger partial charge in [0.1, 0.15) is 5.60 Å². The fourth-order valence-corrected chi connectivity index (χ4v) is 2.79. The number of nitrogens with zero attached hydrogens (tertiary/aromatic N) is 1. The average Bonchev–Trinajstić information content (AvgIpc) is 2.92. The molecular weight excluding hydrogens is 332 g/mol. The van der Waals surface area contributed by atoms with E-state index in [1.54, 1.807) is 18.2 Å². The molecule has 0 aromatic heterocycles. The van der Waals surface area contributed by atoms with E-state index < -0.39 is 17.7 Å². The van der Waals surface area contributed by atoms with Gasteiger partial charge in [-0.05, 0) is 45.4 Å². The fourth-order valence-electron chi connectivity index (χ4n) is 2.62. The molecule has 7 heteroatoms. The third kappa shape index (κ3) is 4.77. The molecule has 1 aromatic carbocycles. The van der Waals surface area contributed by atoms with Crippen LogP contribution in [0.25, 0.3) is 0 Å². The second kappa shape index (κ2) is 7.30. The number of nitrogens with one attached hydrogen (secondary N) is 1. The lowest BCUT2D eigenvalue weighted by atomic mass is 10.1. The van der Waals surface area contributed by atoms with E-state index >= 15 is 0 Å². The molecular formula is C17H23ClN2O4. The highest BCUT2D eigenvalue weighted by Crippen LogP contribution is 2.28. The zero-order valence-corrected chi connectivity index (χ0v) is 15.1. The topological polar surface area (TPSA) is 67.9 Å². The monoisotopic (exact) mass is 354 g/mol. The van der Waals surface area contributed by atoms with Crippen molar-refractivity contribution in [2.24, 2.45) is 0 Å². The molecule has 1 N–H and O–H groups in total. The van der Waals surface area contributed by atoms with Gasteiger partial charge in [-0.2, -0.15) is 0 Å². The molecule has 6 nitrogen and oxygen atoms in total. The summed E-state index contributed by atoms with van der Waals surface area (Å²) >= 11 is 6.07. The van der Waals surface area contributed by atoms with Crippen LogP contribution >= 0.6 is 11.6 Å². The first kappa shape index (κ1) is 18.4. The van der Waals surface area contributed by atoms with Crippen molar-refractivity contribution in [1.82, 2.24) is 5.32 Å². The van der Waals surface area contributed by atoms with Crippen molar-refractivity contribution in [2.75, 3.05) is 25.1 Å². The van der Waals surface area contributed by atoms with E-state index in [1.165, 1.54) is 7.11 Å². The Labute approximate surface area is 147 Å². The number of benzene rings is 1. The van der Waals surface area contributed by atoms with Crippen LogP contribution in [0.15, 0.2) is 18.2 Å². The molecule has 0 radical (unpaired) electrons. The summed E-state index contributed by atoms with van der Waals surface area (Å²) < 4.78 is 10.1. The first-order chi connectivity index (χ1) is 11.2. The molecule has 0 spiro atoms. The Hall–Kier alpha value is -1.95. The van der Waals surface area contributed by atoms with Gasteiger partial charge in [-0.1, -0.05) is 11.6 Å². The molecule has 1 saturated heterocycles. The van der Waals surface area contributed by atoms with Gasteiger partial charge in [-0.15, -0.1) is 0 Å². The molecule has 1 amide bonds. The molecule has 1 aromatic rings. The largest absolute Gasteiger partial charge is 0.465 e. The molecule has 1 atom stereocenters. The van der Waals surface area contributed by atoms with Gasteiger partial charge >= 0.3 is 12.1 Å². The van der Waals surface area contributed by atoms with Gasteiger partial charge in [0.15, 0.2) is 0 Å². The summed E-state index contributed by atoms with van der Waals surface area (Å²) in [5.41, 5.74) is 0.635. The van der Waals surface area contributed by atoms with E-state index in [0.29, 0.717) is 29.4 Å². The molecule has 132 valence electrons. The number of hydrogen-bond acceptors (Lipinski definition) is 5. The highest BCUT2D eigenvalue weighted by atomic mass is 35.5. The third-order valence-corrected chi connectivity index (χ3v) is 3.85. The second-order valence-corrected chi connectivity index (χ2v) is 7.17. The van der Waals surface area contributed by atoms with Crippen LogP contribution in [-0.2, 0) is 9.47 Å². The van der Waals surface area contributed by atoms with Crippen molar-refractivity contribution in [3.05, 3.63) is 28.8 Å². The summed E-state index contributed by atoms with van der Waals surface area (Å²) in [5.74, 6) is -0.412. The van der Waals surface area contributed by atoms with E-state index in [9.17, 15) is 9.59 Å². The molecule has 1 fully saturated rings. The quantitative estimate of drug-likeness (QED) is 0.844. The lowest BCUT2D eigenvalue weighted by Crippen LogP contribution is -2.40. The summed E-state index contributed by atoms with van der Waals surface area (Å²) in [6, 6.07) is 5.00. The van der Waals surface area contributed by atoms with Crippen LogP contribution < -0.4 is 10.2 Å². The van der Waals surface area contributed by atoms with Gasteiger partial charge in [0.05, 0.1) is 24.4 Å². The van der Waals surface area contributed by atoms with E-state index in [-0.39, 0.29) is 6.04 Å². The van der Waals surface area contributed by atoms with Gasteiger partial charge in [-0.3, -0.25) is 0 Å². The summed E-state index contributed by atoms with van der Waals surface area (Å²) in [6.45, 7) is 6.74. The molecule has 1 heterocycles. The number of halogens is 1. The molecule has 1 aliphatic heterocycles. The highest BCUT2D eigenvalue weighted by Gasteiger charge is 2.28. The van der Waals surface area contributed by atoms with Gasteiger partial charge in [0, 0.05) is 18.1 Å². The van der Waals surface area contributed by atoms with Crippen molar-refractivity contribution >= 4 is 29.4 Å². The Morgan fingerprint density at radius 3 is 2.67 bits per heavy atom. The molecule has 2 rings (SSSR count). The van der Waals surface area contributed by atoms with Crippen LogP contribution in [0.4, 0.5) is 10.5 Å². The molecule has 0 bridgehead atoms. The number of carbonyl (C=O) groups is 2. The summed E-state index contributed by atoms with van der Waals surface area (Å²) in [5, 5.41) is 3.40. The van der Waals surface area contributed by atoms with Crippen LogP contribution in [0.1, 0.15) is 37.6 Å². The van der Waals surface area contributed by atoms with E-state index in [0.717, 1.165) is 6.42 Å². The maximum Gasteiger partial charge on any atom is 0.407 e. The van der Waals surface area contributed by atoms with Gasteiger partial charge < -0.3 is 19.7 Å². The normalized spacial score (nSPS) is 17.5. The maximum atomic E-state index is 11.9. The van der Waals surface area contributed by atoms with E-state index in [2.05, 4.69) is 5.32 Å². The Kier molecular flexibility index (Phi) is 5.59. The number of amides is 1. The number of alkyl carbamates (subject to hydrolysis) is 1. The first-order valence-electron chi connectivity index (χ1n) is 7.82.